The topological polar surface area (TPSA) is 126 Å². The summed E-state index contributed by atoms with van der Waals surface area (Å²) in [5.41, 5.74) is -0.185. The van der Waals surface area contributed by atoms with Crippen LogP contribution in [-0.4, -0.2) is 34.7 Å². The second-order valence-corrected chi connectivity index (χ2v) is 10.2. The van der Waals surface area contributed by atoms with Crippen LogP contribution in [0.3, 0.4) is 0 Å². The number of benzene rings is 2. The highest BCUT2D eigenvalue weighted by Gasteiger charge is 2.31. The molecule has 2 N–H and O–H groups in total. The van der Waals surface area contributed by atoms with Crippen molar-refractivity contribution in [2.24, 2.45) is 0 Å². The molecule has 0 radical (unpaired) electrons. The van der Waals surface area contributed by atoms with Crippen molar-refractivity contribution in [1.82, 2.24) is 19.7 Å². The molecule has 4 aromatic rings. The first kappa shape index (κ1) is 26.1. The fourth-order valence-electron chi connectivity index (χ4n) is 4.37. The van der Waals surface area contributed by atoms with Gasteiger partial charge in [-0.1, -0.05) is 6.07 Å². The molecule has 14 heteroatoms. The Morgan fingerprint density at radius 1 is 1.03 bits per heavy atom. The first-order chi connectivity index (χ1) is 18.7. The van der Waals surface area contributed by atoms with Gasteiger partial charge in [-0.25, -0.2) is 35.9 Å². The van der Waals surface area contributed by atoms with Crippen LogP contribution in [0.1, 0.15) is 18.5 Å². The van der Waals surface area contributed by atoms with Crippen molar-refractivity contribution in [2.75, 3.05) is 16.6 Å². The zero-order chi connectivity index (χ0) is 27.7. The van der Waals surface area contributed by atoms with E-state index in [1.807, 2.05) is 10.8 Å². The van der Waals surface area contributed by atoms with Crippen molar-refractivity contribution in [2.45, 2.75) is 30.7 Å². The van der Waals surface area contributed by atoms with Crippen LogP contribution in [0, 0.1) is 34.6 Å². The second kappa shape index (κ2) is 10.3. The molecule has 0 atom stereocenters. The third-order valence-corrected chi connectivity index (χ3v) is 7.45. The summed E-state index contributed by atoms with van der Waals surface area (Å²) >= 11 is 0. The number of aromatic nitrogens is 4. The number of halogens is 4. The molecule has 0 bridgehead atoms. The third-order valence-electron chi connectivity index (χ3n) is 6.03. The molecule has 5 rings (SSSR count). The van der Waals surface area contributed by atoms with E-state index in [9.17, 15) is 17.2 Å². The van der Waals surface area contributed by atoms with Gasteiger partial charge >= 0.3 is 0 Å². The zero-order valence-electron chi connectivity index (χ0n) is 20.0. The minimum Gasteiger partial charge on any atom is -0.353 e. The van der Waals surface area contributed by atoms with Gasteiger partial charge in [0, 0.05) is 30.5 Å². The van der Waals surface area contributed by atoms with Gasteiger partial charge in [0.05, 0.1) is 29.4 Å². The summed E-state index contributed by atoms with van der Waals surface area (Å²) in [7, 11) is -4.92. The number of nitrogens with one attached hydrogen (secondary N) is 2. The Kier molecular flexibility index (Phi) is 6.92. The smallest absolute Gasteiger partial charge is 0.267 e. The van der Waals surface area contributed by atoms with Crippen molar-refractivity contribution in [3.63, 3.8) is 0 Å². The average Bonchev–Trinajstić information content (AvgIpc) is 3.47. The number of sulfonamides is 1. The molecule has 200 valence electrons. The lowest BCUT2D eigenvalue weighted by Gasteiger charge is -2.13. The Balaban J connectivity index is 1.61. The van der Waals surface area contributed by atoms with Crippen LogP contribution < -0.4 is 10.0 Å². The van der Waals surface area contributed by atoms with Crippen LogP contribution in [0.2, 0.25) is 0 Å². The Bertz CT molecular complexity index is 1710. The molecule has 0 saturated heterocycles. The maximum Gasteiger partial charge on any atom is 0.267 e. The van der Waals surface area contributed by atoms with Crippen LogP contribution >= 0.6 is 0 Å². The van der Waals surface area contributed by atoms with Gasteiger partial charge in [0.25, 0.3) is 10.0 Å². The monoisotopic (exact) mass is 557 g/mol. The third kappa shape index (κ3) is 4.88. The van der Waals surface area contributed by atoms with Crippen LogP contribution in [0.4, 0.5) is 29.2 Å². The van der Waals surface area contributed by atoms with Gasteiger partial charge in [0.2, 0.25) is 5.95 Å². The van der Waals surface area contributed by atoms with Crippen molar-refractivity contribution >= 4 is 21.7 Å². The van der Waals surface area contributed by atoms with Crippen LogP contribution in [0.25, 0.3) is 22.5 Å². The van der Waals surface area contributed by atoms with Gasteiger partial charge in [-0.2, -0.15) is 10.4 Å². The molecule has 0 spiro atoms. The van der Waals surface area contributed by atoms with Crippen LogP contribution in [0.5, 0.6) is 0 Å². The summed E-state index contributed by atoms with van der Waals surface area (Å²) in [4.78, 5) is 7.23. The number of nitriles is 1. The quantitative estimate of drug-likeness (QED) is 0.239. The molecule has 2 aromatic carbocycles. The molecule has 1 aliphatic heterocycles. The van der Waals surface area contributed by atoms with Gasteiger partial charge in [-0.3, -0.25) is 9.40 Å². The molecule has 2 aromatic heterocycles. The summed E-state index contributed by atoms with van der Waals surface area (Å²) < 4.78 is 88.3. The summed E-state index contributed by atoms with van der Waals surface area (Å²) in [6.07, 6.45) is 2.94. The highest BCUT2D eigenvalue weighted by atomic mass is 32.2. The Morgan fingerprint density at radius 2 is 1.79 bits per heavy atom. The Labute approximate surface area is 220 Å². The number of nitrogens with zero attached hydrogens (tertiary/aromatic N) is 5. The van der Waals surface area contributed by atoms with Crippen LogP contribution in [-0.2, 0) is 23.0 Å². The molecular weight excluding hydrogens is 538 g/mol. The van der Waals surface area contributed by atoms with Crippen LogP contribution in [0.15, 0.2) is 47.5 Å². The summed E-state index contributed by atoms with van der Waals surface area (Å²) in [5, 5.41) is 16.1. The van der Waals surface area contributed by atoms with E-state index < -0.39 is 49.4 Å². The van der Waals surface area contributed by atoms with E-state index in [0.29, 0.717) is 29.9 Å². The molecule has 3 heterocycles. The summed E-state index contributed by atoms with van der Waals surface area (Å²) in [6, 6.07) is 7.65. The lowest BCUT2D eigenvalue weighted by molar-refractivity contribution is 0.520. The van der Waals surface area contributed by atoms with E-state index in [4.69, 9.17) is 5.26 Å². The number of aryl methyl sites for hydroxylation is 1. The molecule has 0 aliphatic carbocycles. The second-order valence-electron chi connectivity index (χ2n) is 8.54. The zero-order valence-corrected chi connectivity index (χ0v) is 20.9. The molecule has 0 unspecified atom stereocenters. The molecule has 1 aliphatic rings. The van der Waals surface area contributed by atoms with E-state index in [1.54, 1.807) is 10.7 Å². The fraction of sp³-hybridized carbons (Fsp3) is 0.200. The maximum absolute atomic E-state index is 15.8. The SMILES string of the molecule is N#CCCNc1nccc(-c2c(-c3c(F)ccc(NS(=O)(=O)c4c(F)cccc4F)c3F)nn3c2CCC3)n1. The Morgan fingerprint density at radius 3 is 2.54 bits per heavy atom. The van der Waals surface area contributed by atoms with Crippen molar-refractivity contribution in [1.29, 1.82) is 5.26 Å². The van der Waals surface area contributed by atoms with Gasteiger partial charge < -0.3 is 5.32 Å². The van der Waals surface area contributed by atoms with E-state index in [1.165, 1.54) is 6.20 Å². The number of anilines is 2. The molecule has 39 heavy (non-hydrogen) atoms. The first-order valence-corrected chi connectivity index (χ1v) is 13.2. The van der Waals surface area contributed by atoms with Gasteiger partial charge in [-0.05, 0) is 43.2 Å². The highest BCUT2D eigenvalue weighted by Crippen LogP contribution is 2.40. The predicted octanol–water partition coefficient (Wildman–Crippen LogP) is 4.64. The highest BCUT2D eigenvalue weighted by molar-refractivity contribution is 7.92. The normalized spacial score (nSPS) is 12.7. The molecule has 0 amide bonds. The van der Waals surface area contributed by atoms with E-state index in [-0.39, 0.29) is 24.6 Å². The maximum atomic E-state index is 15.8. The average molecular weight is 558 g/mol. The molecule has 9 nitrogen and oxygen atoms in total. The fourth-order valence-corrected chi connectivity index (χ4v) is 5.57. The number of fused-ring (bicyclic) bond motifs is 1. The largest absolute Gasteiger partial charge is 0.353 e. The van der Waals surface area contributed by atoms with E-state index in [2.05, 4.69) is 20.4 Å². The van der Waals surface area contributed by atoms with Crippen molar-refractivity contribution < 1.29 is 26.0 Å². The van der Waals surface area contributed by atoms with Crippen molar-refractivity contribution in [3.8, 4) is 28.6 Å². The lowest BCUT2D eigenvalue weighted by Crippen LogP contribution is -2.17. The van der Waals surface area contributed by atoms with Gasteiger partial charge in [-0.15, -0.1) is 0 Å². The predicted molar refractivity (Wildman–Crippen MR) is 133 cm³/mol. The van der Waals surface area contributed by atoms with E-state index in [0.717, 1.165) is 36.8 Å². The first-order valence-electron chi connectivity index (χ1n) is 11.7. The summed E-state index contributed by atoms with van der Waals surface area (Å²) in [5.74, 6) is -4.91. The number of hydrogen-bond acceptors (Lipinski definition) is 7. The van der Waals surface area contributed by atoms with Crippen molar-refractivity contribution in [3.05, 3.63) is 71.6 Å². The Hall–Kier alpha value is -4.51. The molecule has 0 saturated carbocycles. The van der Waals surface area contributed by atoms with Gasteiger partial charge in [0.1, 0.15) is 23.1 Å². The van der Waals surface area contributed by atoms with Gasteiger partial charge in [0.15, 0.2) is 10.7 Å². The number of rotatable bonds is 8. The standard InChI is InChI=1S/C25H19F4N7O2S/c26-14-7-8-18(35-39(37,38)24-15(27)4-1-5-16(24)28)22(29)20(14)23-21(19-6-2-13-36(19)34-23)17-9-12-32-25(33-17)31-11-3-10-30/h1,4-5,7-9,12,35H,2-3,6,11,13H2,(H,31,32,33). The molecule has 0 fully saturated rings. The summed E-state index contributed by atoms with van der Waals surface area (Å²) in [6.45, 7) is 0.774. The number of hydrogen-bond donors (Lipinski definition) is 2. The minimum absolute atomic E-state index is 0.125. The lowest BCUT2D eigenvalue weighted by atomic mass is 10.00. The molecular formula is C25H19F4N7O2S. The van der Waals surface area contributed by atoms with E-state index >= 15 is 8.78 Å². The minimum atomic E-state index is -4.92.